The number of aliphatic carboxylic acids is 1. The zero-order chi connectivity index (χ0) is 19.8. The monoisotopic (exact) mass is 385 g/mol. The number of hydrogen-bond donors (Lipinski definition) is 0. The first kappa shape index (κ1) is 26.4. The molecule has 0 N–H and O–H groups in total. The second-order valence-corrected chi connectivity index (χ2v) is 7.65. The molecule has 0 saturated heterocycles. The minimum absolute atomic E-state index is 0.124. The van der Waals surface area contributed by atoms with E-state index in [0.29, 0.717) is 26.2 Å². The second kappa shape index (κ2) is 23.4. The molecule has 0 unspecified atom stereocenters. The van der Waals surface area contributed by atoms with Crippen LogP contribution >= 0.6 is 0 Å². The van der Waals surface area contributed by atoms with Crippen LogP contribution in [0.4, 0.5) is 0 Å². The molecule has 0 saturated carbocycles. The van der Waals surface area contributed by atoms with Crippen molar-refractivity contribution in [1.82, 2.24) is 0 Å². The van der Waals surface area contributed by atoms with Crippen molar-refractivity contribution in [2.45, 2.75) is 116 Å². The predicted octanol–water partition coefficient (Wildman–Crippen LogP) is 5.42. The van der Waals surface area contributed by atoms with Crippen LogP contribution in [-0.4, -0.2) is 32.4 Å². The van der Waals surface area contributed by atoms with Crippen molar-refractivity contribution in [3.05, 3.63) is 0 Å². The van der Waals surface area contributed by atoms with Crippen LogP contribution in [0.1, 0.15) is 116 Å². The summed E-state index contributed by atoms with van der Waals surface area (Å²) < 4.78 is 11.0. The van der Waals surface area contributed by atoms with E-state index in [2.05, 4.69) is 6.92 Å². The molecular formula is C23H45O4-. The Bertz CT molecular complexity index is 294. The van der Waals surface area contributed by atoms with Gasteiger partial charge in [0.25, 0.3) is 0 Å². The Labute approximate surface area is 168 Å². The number of unbranched alkanes of at least 4 members (excludes halogenated alkanes) is 14. The Balaban J connectivity index is 2.98. The van der Waals surface area contributed by atoms with Crippen molar-refractivity contribution in [3.8, 4) is 0 Å². The second-order valence-electron chi connectivity index (χ2n) is 7.65. The molecule has 4 nitrogen and oxygen atoms in total. The minimum atomic E-state index is -0.980. The third-order valence-electron chi connectivity index (χ3n) is 4.93. The van der Waals surface area contributed by atoms with E-state index < -0.39 is 5.97 Å². The van der Waals surface area contributed by atoms with Gasteiger partial charge in [-0.05, 0) is 25.7 Å². The molecule has 0 radical (unpaired) electrons. The Morgan fingerprint density at radius 3 is 1.33 bits per heavy atom. The van der Waals surface area contributed by atoms with Crippen LogP contribution in [0.5, 0.6) is 0 Å². The summed E-state index contributed by atoms with van der Waals surface area (Å²) in [6.07, 6.45) is 20.8. The molecule has 4 heteroatoms. The number of carbonyl (C=O) groups excluding carboxylic acids is 1. The fraction of sp³-hybridized carbons (Fsp3) is 0.957. The van der Waals surface area contributed by atoms with E-state index >= 15 is 0 Å². The Morgan fingerprint density at radius 1 is 0.556 bits per heavy atom. The smallest absolute Gasteiger partial charge is 0.0700 e. The van der Waals surface area contributed by atoms with Crippen molar-refractivity contribution in [2.75, 3.05) is 26.4 Å². The Morgan fingerprint density at radius 2 is 0.926 bits per heavy atom. The fourth-order valence-electron chi connectivity index (χ4n) is 3.19. The van der Waals surface area contributed by atoms with Gasteiger partial charge >= 0.3 is 0 Å². The normalized spacial score (nSPS) is 11.1. The van der Waals surface area contributed by atoms with Gasteiger partial charge in [-0.25, -0.2) is 0 Å². The highest BCUT2D eigenvalue weighted by Crippen LogP contribution is 2.12. The van der Waals surface area contributed by atoms with Crippen molar-refractivity contribution in [1.29, 1.82) is 0 Å². The van der Waals surface area contributed by atoms with Gasteiger partial charge in [0, 0.05) is 19.2 Å². The molecule has 162 valence electrons. The molecule has 0 heterocycles. The minimum Gasteiger partial charge on any atom is -0.550 e. The fourth-order valence-corrected chi connectivity index (χ4v) is 3.19. The molecule has 27 heavy (non-hydrogen) atoms. The van der Waals surface area contributed by atoms with Crippen LogP contribution in [0.2, 0.25) is 0 Å². The van der Waals surface area contributed by atoms with Crippen molar-refractivity contribution in [3.63, 3.8) is 0 Å². The van der Waals surface area contributed by atoms with E-state index in [4.69, 9.17) is 9.47 Å². The van der Waals surface area contributed by atoms with Crippen LogP contribution < -0.4 is 5.11 Å². The maximum absolute atomic E-state index is 10.2. The van der Waals surface area contributed by atoms with E-state index in [1.807, 2.05) is 0 Å². The lowest BCUT2D eigenvalue weighted by Gasteiger charge is -2.06. The summed E-state index contributed by atoms with van der Waals surface area (Å²) >= 11 is 0. The van der Waals surface area contributed by atoms with Crippen LogP contribution in [0.25, 0.3) is 0 Å². The summed E-state index contributed by atoms with van der Waals surface area (Å²) in [7, 11) is 0. The highest BCUT2D eigenvalue weighted by molar-refractivity contribution is 5.64. The van der Waals surface area contributed by atoms with Gasteiger partial charge in [-0.2, -0.15) is 0 Å². The van der Waals surface area contributed by atoms with Gasteiger partial charge in [-0.1, -0.05) is 90.4 Å². The van der Waals surface area contributed by atoms with Crippen molar-refractivity contribution in [2.24, 2.45) is 0 Å². The number of ether oxygens (including phenoxy) is 2. The third kappa shape index (κ3) is 25.4. The van der Waals surface area contributed by atoms with E-state index in [0.717, 1.165) is 19.4 Å². The van der Waals surface area contributed by atoms with Crippen molar-refractivity contribution >= 4 is 5.97 Å². The van der Waals surface area contributed by atoms with Crippen molar-refractivity contribution < 1.29 is 19.4 Å². The standard InChI is InChI=1S/C23H46O4/c1-2-3-4-5-6-7-8-9-10-11-12-13-14-16-19-26-21-22-27-20-17-15-18-23(24)25/h2-22H2,1H3,(H,24,25)/p-1. The lowest BCUT2D eigenvalue weighted by atomic mass is 10.0. The molecule has 0 spiro atoms. The van der Waals surface area contributed by atoms with E-state index in [1.54, 1.807) is 0 Å². The summed E-state index contributed by atoms with van der Waals surface area (Å²) in [6.45, 7) is 4.95. The highest BCUT2D eigenvalue weighted by Gasteiger charge is 1.95. The largest absolute Gasteiger partial charge is 0.550 e. The Hall–Kier alpha value is -0.610. The molecule has 0 amide bonds. The lowest BCUT2D eigenvalue weighted by molar-refractivity contribution is -0.305. The van der Waals surface area contributed by atoms with Gasteiger partial charge in [-0.3, -0.25) is 0 Å². The summed E-state index contributed by atoms with van der Waals surface area (Å²) in [4.78, 5) is 10.2. The quantitative estimate of drug-likeness (QED) is 0.220. The molecule has 0 aliphatic carbocycles. The van der Waals surface area contributed by atoms with Crippen LogP contribution in [0.3, 0.4) is 0 Å². The maximum Gasteiger partial charge on any atom is 0.0700 e. The molecule has 0 atom stereocenters. The molecule has 0 aromatic rings. The average molecular weight is 386 g/mol. The molecule has 0 aromatic heterocycles. The summed E-state index contributed by atoms with van der Waals surface area (Å²) in [6, 6.07) is 0. The zero-order valence-corrected chi connectivity index (χ0v) is 18.0. The molecule has 0 rings (SSSR count). The maximum atomic E-state index is 10.2. The molecule has 0 aliphatic rings. The molecule has 0 aromatic carbocycles. The summed E-state index contributed by atoms with van der Waals surface area (Å²) in [5.41, 5.74) is 0. The van der Waals surface area contributed by atoms with E-state index in [-0.39, 0.29) is 6.42 Å². The van der Waals surface area contributed by atoms with Gasteiger partial charge < -0.3 is 19.4 Å². The van der Waals surface area contributed by atoms with Gasteiger partial charge in [0.05, 0.1) is 13.2 Å². The SMILES string of the molecule is CCCCCCCCCCCCCCCCOCCOCCCCC(=O)[O-]. The average Bonchev–Trinajstić information content (AvgIpc) is 2.65. The third-order valence-corrected chi connectivity index (χ3v) is 4.93. The highest BCUT2D eigenvalue weighted by atomic mass is 16.5. The van der Waals surface area contributed by atoms with Gasteiger partial charge in [0.1, 0.15) is 0 Å². The first-order valence-corrected chi connectivity index (χ1v) is 11.6. The Kier molecular flexibility index (Phi) is 22.9. The molecule has 0 bridgehead atoms. The van der Waals surface area contributed by atoms with Crippen LogP contribution in [-0.2, 0) is 14.3 Å². The van der Waals surface area contributed by atoms with Crippen LogP contribution in [0, 0.1) is 0 Å². The first-order valence-electron chi connectivity index (χ1n) is 11.6. The lowest BCUT2D eigenvalue weighted by Crippen LogP contribution is -2.21. The van der Waals surface area contributed by atoms with Gasteiger partial charge in [0.15, 0.2) is 0 Å². The number of carbonyl (C=O) groups is 1. The zero-order valence-electron chi connectivity index (χ0n) is 18.0. The van der Waals surface area contributed by atoms with Crippen LogP contribution in [0.15, 0.2) is 0 Å². The van der Waals surface area contributed by atoms with Gasteiger partial charge in [-0.15, -0.1) is 0 Å². The van der Waals surface area contributed by atoms with E-state index in [1.165, 1.54) is 83.5 Å². The predicted molar refractivity (Wildman–Crippen MR) is 111 cm³/mol. The first-order chi connectivity index (χ1) is 13.3. The molecular weight excluding hydrogens is 340 g/mol. The van der Waals surface area contributed by atoms with E-state index in [9.17, 15) is 9.90 Å². The molecule has 0 aliphatic heterocycles. The summed E-state index contributed by atoms with van der Waals surface area (Å²) in [5.74, 6) is -0.980. The topological polar surface area (TPSA) is 58.6 Å². The number of carboxylic acid groups (broad SMARTS) is 1. The summed E-state index contributed by atoms with van der Waals surface area (Å²) in [5, 5.41) is 10.2. The molecule has 0 fully saturated rings. The number of carboxylic acids is 1. The number of hydrogen-bond acceptors (Lipinski definition) is 4. The number of rotatable bonds is 23. The van der Waals surface area contributed by atoms with Gasteiger partial charge in [0.2, 0.25) is 0 Å².